The monoisotopic (exact) mass is 272 g/mol. The summed E-state index contributed by atoms with van der Waals surface area (Å²) in [6.07, 6.45) is 2.70. The van der Waals surface area contributed by atoms with E-state index < -0.39 is 0 Å². The highest BCUT2D eigenvalue weighted by Crippen LogP contribution is 2.41. The molecule has 1 fully saturated rings. The normalized spacial score (nSPS) is 16.6. The van der Waals surface area contributed by atoms with Gasteiger partial charge in [-0.25, -0.2) is 4.98 Å². The molecule has 1 unspecified atom stereocenters. The number of thiazole rings is 1. The van der Waals surface area contributed by atoms with E-state index in [9.17, 15) is 0 Å². The third kappa shape index (κ3) is 2.58. The molecule has 0 saturated heterocycles. The largest absolute Gasteiger partial charge is 0.312 e. The number of nitrogens with one attached hydrogen (secondary N) is 1. The molecule has 2 aromatic rings. The number of aromatic nitrogens is 1. The van der Waals surface area contributed by atoms with Crippen LogP contribution in [0.15, 0.2) is 24.3 Å². The third-order valence-electron chi connectivity index (χ3n) is 3.84. The van der Waals surface area contributed by atoms with E-state index in [1.807, 2.05) is 18.4 Å². The van der Waals surface area contributed by atoms with Gasteiger partial charge in [-0.05, 0) is 51.3 Å². The molecule has 3 heteroatoms. The van der Waals surface area contributed by atoms with E-state index in [0.717, 1.165) is 16.6 Å². The van der Waals surface area contributed by atoms with Gasteiger partial charge in [0.1, 0.15) is 5.01 Å². The second-order valence-electron chi connectivity index (χ2n) is 5.38. The molecule has 1 N–H and O–H groups in total. The molecule has 3 rings (SSSR count). The van der Waals surface area contributed by atoms with Crippen molar-refractivity contribution in [2.24, 2.45) is 0 Å². The summed E-state index contributed by atoms with van der Waals surface area (Å²) in [5, 5.41) is 4.45. The maximum atomic E-state index is 4.75. The Morgan fingerprint density at radius 3 is 2.84 bits per heavy atom. The van der Waals surface area contributed by atoms with E-state index in [4.69, 9.17) is 4.98 Å². The van der Waals surface area contributed by atoms with Gasteiger partial charge in [0.2, 0.25) is 0 Å². The first-order chi connectivity index (χ1) is 9.19. The molecule has 1 aliphatic rings. The minimum Gasteiger partial charge on any atom is -0.312 e. The first-order valence-electron chi connectivity index (χ1n) is 6.94. The van der Waals surface area contributed by atoms with Crippen molar-refractivity contribution in [3.8, 4) is 10.6 Å². The topological polar surface area (TPSA) is 24.9 Å². The quantitative estimate of drug-likeness (QED) is 0.898. The SMILES string of the molecule is CNC(C)c1sc(-c2cccc(C3CC3)c2)nc1C. The molecule has 0 amide bonds. The highest BCUT2D eigenvalue weighted by Gasteiger charge is 2.24. The fourth-order valence-electron chi connectivity index (χ4n) is 2.41. The molecule has 0 aliphatic heterocycles. The van der Waals surface area contributed by atoms with Crippen molar-refractivity contribution in [1.29, 1.82) is 0 Å². The van der Waals surface area contributed by atoms with Gasteiger partial charge in [0.15, 0.2) is 0 Å². The summed E-state index contributed by atoms with van der Waals surface area (Å²) in [7, 11) is 2.00. The maximum Gasteiger partial charge on any atom is 0.123 e. The summed E-state index contributed by atoms with van der Waals surface area (Å²) in [6, 6.07) is 9.29. The third-order valence-corrected chi connectivity index (χ3v) is 5.23. The predicted molar refractivity (Wildman–Crippen MR) is 81.7 cm³/mol. The molecule has 0 spiro atoms. The highest BCUT2D eigenvalue weighted by molar-refractivity contribution is 7.15. The van der Waals surface area contributed by atoms with Crippen molar-refractivity contribution >= 4 is 11.3 Å². The Morgan fingerprint density at radius 1 is 1.37 bits per heavy atom. The number of hydrogen-bond donors (Lipinski definition) is 1. The summed E-state index contributed by atoms with van der Waals surface area (Å²) in [6.45, 7) is 4.29. The van der Waals surface area contributed by atoms with Crippen LogP contribution in [0.25, 0.3) is 10.6 Å². The van der Waals surface area contributed by atoms with Crippen LogP contribution in [0.3, 0.4) is 0 Å². The zero-order chi connectivity index (χ0) is 13.4. The van der Waals surface area contributed by atoms with Gasteiger partial charge in [0.05, 0.1) is 5.69 Å². The van der Waals surface area contributed by atoms with E-state index in [0.29, 0.717) is 6.04 Å². The van der Waals surface area contributed by atoms with Crippen molar-refractivity contribution in [3.05, 3.63) is 40.4 Å². The number of aryl methyl sites for hydroxylation is 1. The van der Waals surface area contributed by atoms with Gasteiger partial charge in [0.25, 0.3) is 0 Å². The molecule has 0 radical (unpaired) electrons. The van der Waals surface area contributed by atoms with Crippen molar-refractivity contribution in [3.63, 3.8) is 0 Å². The zero-order valence-corrected chi connectivity index (χ0v) is 12.6. The zero-order valence-electron chi connectivity index (χ0n) is 11.7. The van der Waals surface area contributed by atoms with Crippen molar-refractivity contribution in [2.75, 3.05) is 7.05 Å². The van der Waals surface area contributed by atoms with Crippen LogP contribution in [0.4, 0.5) is 0 Å². The molecule has 100 valence electrons. The first kappa shape index (κ1) is 12.8. The Bertz CT molecular complexity index is 584. The minimum atomic E-state index is 0.373. The predicted octanol–water partition coefficient (Wildman–Crippen LogP) is 4.28. The fraction of sp³-hybridized carbons (Fsp3) is 0.438. The molecule has 2 nitrogen and oxygen atoms in total. The summed E-state index contributed by atoms with van der Waals surface area (Å²) >= 11 is 1.81. The average molecular weight is 272 g/mol. The van der Waals surface area contributed by atoms with Crippen molar-refractivity contribution < 1.29 is 0 Å². The Labute approximate surface area is 118 Å². The second kappa shape index (κ2) is 5.06. The Morgan fingerprint density at radius 2 is 2.16 bits per heavy atom. The Kier molecular flexibility index (Phi) is 3.42. The van der Waals surface area contributed by atoms with Gasteiger partial charge in [-0.1, -0.05) is 18.2 Å². The second-order valence-corrected chi connectivity index (χ2v) is 6.41. The van der Waals surface area contributed by atoms with Gasteiger partial charge in [0, 0.05) is 16.5 Å². The van der Waals surface area contributed by atoms with Gasteiger partial charge in [-0.15, -0.1) is 11.3 Å². The van der Waals surface area contributed by atoms with Crippen LogP contribution in [0.1, 0.15) is 47.9 Å². The number of nitrogens with zero attached hydrogens (tertiary/aromatic N) is 1. The van der Waals surface area contributed by atoms with Crippen LogP contribution in [-0.2, 0) is 0 Å². The molecule has 1 aromatic heterocycles. The maximum absolute atomic E-state index is 4.75. The van der Waals surface area contributed by atoms with E-state index in [1.54, 1.807) is 0 Å². The van der Waals surface area contributed by atoms with E-state index >= 15 is 0 Å². The van der Waals surface area contributed by atoms with Gasteiger partial charge < -0.3 is 5.32 Å². The lowest BCUT2D eigenvalue weighted by atomic mass is 10.1. The van der Waals surface area contributed by atoms with E-state index in [-0.39, 0.29) is 0 Å². The number of rotatable bonds is 4. The van der Waals surface area contributed by atoms with Crippen LogP contribution in [-0.4, -0.2) is 12.0 Å². The average Bonchev–Trinajstić information content (AvgIpc) is 3.21. The van der Waals surface area contributed by atoms with Gasteiger partial charge in [-0.3, -0.25) is 0 Å². The van der Waals surface area contributed by atoms with E-state index in [2.05, 4.69) is 43.4 Å². The van der Waals surface area contributed by atoms with Crippen molar-refractivity contribution in [2.45, 2.75) is 38.6 Å². The number of benzene rings is 1. The van der Waals surface area contributed by atoms with E-state index in [1.165, 1.54) is 28.8 Å². The van der Waals surface area contributed by atoms with Crippen molar-refractivity contribution in [1.82, 2.24) is 10.3 Å². The molecule has 1 saturated carbocycles. The lowest BCUT2D eigenvalue weighted by Crippen LogP contribution is -2.11. The van der Waals surface area contributed by atoms with Crippen LogP contribution in [0.2, 0.25) is 0 Å². The molecule has 1 aliphatic carbocycles. The van der Waals surface area contributed by atoms with Crippen LogP contribution < -0.4 is 5.32 Å². The van der Waals surface area contributed by atoms with Gasteiger partial charge in [-0.2, -0.15) is 0 Å². The molecular weight excluding hydrogens is 252 g/mol. The Balaban J connectivity index is 1.95. The number of hydrogen-bond acceptors (Lipinski definition) is 3. The summed E-state index contributed by atoms with van der Waals surface area (Å²) in [5.41, 5.74) is 3.90. The van der Waals surface area contributed by atoms with Crippen LogP contribution in [0.5, 0.6) is 0 Å². The van der Waals surface area contributed by atoms with Crippen LogP contribution >= 0.6 is 11.3 Å². The summed E-state index contributed by atoms with van der Waals surface area (Å²) in [5.74, 6) is 0.803. The van der Waals surface area contributed by atoms with Crippen LogP contribution in [0, 0.1) is 6.92 Å². The summed E-state index contributed by atoms with van der Waals surface area (Å²) < 4.78 is 0. The Hall–Kier alpha value is -1.19. The molecule has 1 atom stereocenters. The molecule has 1 heterocycles. The minimum absolute atomic E-state index is 0.373. The lowest BCUT2D eigenvalue weighted by molar-refractivity contribution is 0.658. The molecule has 1 aromatic carbocycles. The fourth-order valence-corrected chi connectivity index (χ4v) is 3.53. The lowest BCUT2D eigenvalue weighted by Gasteiger charge is -2.07. The highest BCUT2D eigenvalue weighted by atomic mass is 32.1. The molecular formula is C16H20N2S. The first-order valence-corrected chi connectivity index (χ1v) is 7.75. The smallest absolute Gasteiger partial charge is 0.123 e. The standard InChI is InChI=1S/C16H20N2S/c1-10(17-3)15-11(2)18-16(19-15)14-6-4-5-13(9-14)12-7-8-12/h4-6,9-10,12,17H,7-8H2,1-3H3. The molecule has 19 heavy (non-hydrogen) atoms. The summed E-state index contributed by atoms with van der Waals surface area (Å²) in [4.78, 5) is 6.09. The van der Waals surface area contributed by atoms with Gasteiger partial charge >= 0.3 is 0 Å². The molecule has 0 bridgehead atoms.